The molecule has 9 aromatic carbocycles. The highest BCUT2D eigenvalue weighted by atomic mass is 32.1. The van der Waals surface area contributed by atoms with Gasteiger partial charge in [0.2, 0.25) is 0 Å². The average molecular weight is 745 g/mol. The molecule has 0 saturated carbocycles. The first-order chi connectivity index (χ1) is 28.2. The van der Waals surface area contributed by atoms with Crippen LogP contribution in [0.1, 0.15) is 0 Å². The second-order valence-corrected chi connectivity index (χ2v) is 15.7. The van der Waals surface area contributed by atoms with Gasteiger partial charge in [-0.2, -0.15) is 0 Å². The summed E-state index contributed by atoms with van der Waals surface area (Å²) >= 11 is 1.86. The van der Waals surface area contributed by atoms with Gasteiger partial charge in [-0.15, -0.1) is 11.3 Å². The van der Waals surface area contributed by atoms with Crippen molar-refractivity contribution in [3.05, 3.63) is 212 Å². The van der Waals surface area contributed by atoms with Crippen molar-refractivity contribution in [2.45, 2.75) is 0 Å². The van der Waals surface area contributed by atoms with E-state index in [4.69, 9.17) is 0 Å². The van der Waals surface area contributed by atoms with Crippen LogP contribution in [0.25, 0.3) is 92.2 Å². The Hall–Kier alpha value is -7.20. The van der Waals surface area contributed by atoms with Gasteiger partial charge >= 0.3 is 0 Å². The van der Waals surface area contributed by atoms with Crippen LogP contribution in [0, 0.1) is 0 Å². The normalized spacial score (nSPS) is 11.5. The largest absolute Gasteiger partial charge is 0.355 e. The summed E-state index contributed by atoms with van der Waals surface area (Å²) in [6, 6.07) is 77.0. The van der Waals surface area contributed by atoms with Crippen LogP contribution in [0.2, 0.25) is 0 Å². The quantitative estimate of drug-likeness (QED) is 0.172. The Morgan fingerprint density at radius 2 is 0.930 bits per heavy atom. The lowest BCUT2D eigenvalue weighted by Gasteiger charge is -2.16. The van der Waals surface area contributed by atoms with Crippen LogP contribution in [0.5, 0.6) is 0 Å². The molecule has 1 N–H and O–H groups in total. The Balaban J connectivity index is 1.04. The molecule has 0 aliphatic rings. The van der Waals surface area contributed by atoms with Gasteiger partial charge in [0.05, 0.1) is 11.0 Å². The third-order valence-corrected chi connectivity index (χ3v) is 12.3. The van der Waals surface area contributed by atoms with Crippen LogP contribution in [0.3, 0.4) is 0 Å². The predicted octanol–water partition coefficient (Wildman–Crippen LogP) is 15.6. The second-order valence-electron chi connectivity index (χ2n) is 14.6. The first-order valence-corrected chi connectivity index (χ1v) is 20.2. The number of thiophene rings is 1. The van der Waals surface area contributed by atoms with Gasteiger partial charge in [-0.25, -0.2) is 0 Å². The zero-order valence-corrected chi connectivity index (χ0v) is 31.9. The molecule has 11 aromatic rings. The van der Waals surface area contributed by atoms with Gasteiger partial charge < -0.3 is 9.88 Å². The summed E-state index contributed by atoms with van der Waals surface area (Å²) in [6.45, 7) is 0. The number of para-hydroxylation sites is 2. The van der Waals surface area contributed by atoms with Crippen molar-refractivity contribution >= 4 is 64.7 Å². The van der Waals surface area contributed by atoms with E-state index in [1.54, 1.807) is 0 Å². The van der Waals surface area contributed by atoms with Crippen LogP contribution in [-0.2, 0) is 0 Å². The molecule has 0 amide bonds. The second kappa shape index (κ2) is 13.8. The molecule has 2 heterocycles. The third-order valence-electron chi connectivity index (χ3n) is 11.2. The standard InChI is InChI=1S/C54H36N2S/c1-3-13-36(14-4-1)38-16-12-18-43(32-38)55-50-29-26-39(40-27-30-52-49(34-40)45-21-7-9-23-51(45)56(52)44-19-5-2-6-20-44)33-48(50)42-17-11-15-37(31-42)41-25-28-47-46-22-8-10-24-53(46)57-54(47)35-41/h1-35,55H. The molecular formula is C54H36N2S. The molecule has 0 unspecified atom stereocenters. The van der Waals surface area contributed by atoms with E-state index in [-0.39, 0.29) is 0 Å². The highest BCUT2D eigenvalue weighted by Gasteiger charge is 2.16. The number of anilines is 2. The molecule has 0 atom stereocenters. The van der Waals surface area contributed by atoms with E-state index in [0.29, 0.717) is 0 Å². The van der Waals surface area contributed by atoms with E-state index in [1.807, 2.05) is 11.3 Å². The lowest BCUT2D eigenvalue weighted by Crippen LogP contribution is -1.95. The number of hydrogen-bond acceptors (Lipinski definition) is 2. The van der Waals surface area contributed by atoms with Crippen molar-refractivity contribution in [1.82, 2.24) is 4.57 Å². The summed E-state index contributed by atoms with van der Waals surface area (Å²) in [7, 11) is 0. The van der Waals surface area contributed by atoms with Crippen LogP contribution in [-0.4, -0.2) is 4.57 Å². The molecule has 268 valence electrons. The Bertz CT molecular complexity index is 3260. The van der Waals surface area contributed by atoms with Gasteiger partial charge in [-0.3, -0.25) is 0 Å². The highest BCUT2D eigenvalue weighted by molar-refractivity contribution is 7.25. The Morgan fingerprint density at radius 1 is 0.333 bits per heavy atom. The molecule has 57 heavy (non-hydrogen) atoms. The summed E-state index contributed by atoms with van der Waals surface area (Å²) in [5.41, 5.74) is 15.1. The van der Waals surface area contributed by atoms with Gasteiger partial charge in [0.1, 0.15) is 0 Å². The topological polar surface area (TPSA) is 17.0 Å². The maximum absolute atomic E-state index is 3.83. The number of benzene rings is 9. The van der Waals surface area contributed by atoms with Crippen molar-refractivity contribution in [3.63, 3.8) is 0 Å². The fourth-order valence-corrected chi connectivity index (χ4v) is 9.56. The molecule has 0 saturated heterocycles. The van der Waals surface area contributed by atoms with E-state index in [0.717, 1.165) is 28.2 Å². The number of nitrogens with one attached hydrogen (secondary N) is 1. The summed E-state index contributed by atoms with van der Waals surface area (Å²) in [5, 5.41) is 8.96. The summed E-state index contributed by atoms with van der Waals surface area (Å²) in [4.78, 5) is 0. The van der Waals surface area contributed by atoms with E-state index in [1.165, 1.54) is 75.4 Å². The average Bonchev–Trinajstić information content (AvgIpc) is 3.82. The predicted molar refractivity (Wildman–Crippen MR) is 245 cm³/mol. The molecule has 0 bridgehead atoms. The molecule has 2 nitrogen and oxygen atoms in total. The van der Waals surface area contributed by atoms with Gasteiger partial charge in [-0.05, 0) is 112 Å². The SMILES string of the molecule is c1ccc(-c2cccc(Nc3ccc(-c4ccc5c(c4)c4ccccc4n5-c4ccccc4)cc3-c3cccc(-c4ccc5c(c4)sc4ccccc45)c3)c2)cc1. The molecule has 0 aliphatic carbocycles. The molecule has 0 fully saturated rings. The van der Waals surface area contributed by atoms with Crippen LogP contribution >= 0.6 is 11.3 Å². The summed E-state index contributed by atoms with van der Waals surface area (Å²) in [5.74, 6) is 0. The number of hydrogen-bond donors (Lipinski definition) is 1. The smallest absolute Gasteiger partial charge is 0.0541 e. The van der Waals surface area contributed by atoms with Crippen LogP contribution in [0.4, 0.5) is 11.4 Å². The molecule has 2 aromatic heterocycles. The lowest BCUT2D eigenvalue weighted by molar-refractivity contribution is 1.18. The third kappa shape index (κ3) is 5.97. The lowest BCUT2D eigenvalue weighted by atomic mass is 9.94. The summed E-state index contributed by atoms with van der Waals surface area (Å²) < 4.78 is 5.01. The van der Waals surface area contributed by atoms with Gasteiger partial charge in [0.15, 0.2) is 0 Å². The van der Waals surface area contributed by atoms with E-state index >= 15 is 0 Å². The maximum atomic E-state index is 3.83. The molecule has 3 heteroatoms. The first kappa shape index (κ1) is 33.2. The van der Waals surface area contributed by atoms with E-state index < -0.39 is 0 Å². The van der Waals surface area contributed by atoms with Crippen molar-refractivity contribution in [3.8, 4) is 50.2 Å². The molecule has 0 aliphatic heterocycles. The van der Waals surface area contributed by atoms with Crippen molar-refractivity contribution in [1.29, 1.82) is 0 Å². The minimum Gasteiger partial charge on any atom is -0.355 e. The van der Waals surface area contributed by atoms with Crippen LogP contribution < -0.4 is 5.32 Å². The number of aromatic nitrogens is 1. The molecular weight excluding hydrogens is 709 g/mol. The minimum absolute atomic E-state index is 1.05. The fourth-order valence-electron chi connectivity index (χ4n) is 8.41. The zero-order chi connectivity index (χ0) is 37.7. The van der Waals surface area contributed by atoms with Gasteiger partial charge in [-0.1, -0.05) is 140 Å². The van der Waals surface area contributed by atoms with Crippen molar-refractivity contribution in [2.75, 3.05) is 5.32 Å². The van der Waals surface area contributed by atoms with Crippen LogP contribution in [0.15, 0.2) is 212 Å². The Kier molecular flexibility index (Phi) is 8.04. The minimum atomic E-state index is 1.05. The van der Waals surface area contributed by atoms with E-state index in [9.17, 15) is 0 Å². The Labute approximate surface area is 335 Å². The highest BCUT2D eigenvalue weighted by Crippen LogP contribution is 2.41. The van der Waals surface area contributed by atoms with Gasteiger partial charge in [0, 0.05) is 53.6 Å². The Morgan fingerprint density at radius 3 is 1.81 bits per heavy atom. The van der Waals surface area contributed by atoms with E-state index in [2.05, 4.69) is 222 Å². The monoisotopic (exact) mass is 744 g/mol. The molecule has 11 rings (SSSR count). The number of rotatable bonds is 7. The molecule has 0 spiro atoms. The van der Waals surface area contributed by atoms with Crippen molar-refractivity contribution < 1.29 is 0 Å². The zero-order valence-electron chi connectivity index (χ0n) is 31.1. The van der Waals surface area contributed by atoms with Gasteiger partial charge in [0.25, 0.3) is 0 Å². The number of fused-ring (bicyclic) bond motifs is 6. The first-order valence-electron chi connectivity index (χ1n) is 19.4. The number of nitrogens with zero attached hydrogens (tertiary/aromatic N) is 1. The maximum Gasteiger partial charge on any atom is 0.0541 e. The summed E-state index contributed by atoms with van der Waals surface area (Å²) in [6.07, 6.45) is 0. The molecule has 0 radical (unpaired) electrons. The van der Waals surface area contributed by atoms with Crippen molar-refractivity contribution in [2.24, 2.45) is 0 Å². The fraction of sp³-hybridized carbons (Fsp3) is 0.